The van der Waals surface area contributed by atoms with Gasteiger partial charge in [0, 0.05) is 18.3 Å². The molecule has 0 bridgehead atoms. The number of fused-ring (bicyclic) bond motifs is 2. The number of ether oxygens (including phenoxy) is 3. The zero-order valence-corrected chi connectivity index (χ0v) is 20.6. The molecule has 1 aliphatic heterocycles. The zero-order valence-electron chi connectivity index (χ0n) is 19.8. The maximum Gasteiger partial charge on any atom is 0.237 e. The first-order valence-corrected chi connectivity index (χ1v) is 12.3. The Kier molecular flexibility index (Phi) is 6.50. The Morgan fingerprint density at radius 2 is 1.97 bits per heavy atom. The smallest absolute Gasteiger partial charge is 0.237 e. The second kappa shape index (κ2) is 9.87. The number of aromatic nitrogens is 3. The van der Waals surface area contributed by atoms with Crippen LogP contribution in [0.5, 0.6) is 17.2 Å². The molecule has 1 aliphatic rings. The van der Waals surface area contributed by atoms with Crippen molar-refractivity contribution in [2.24, 2.45) is 0 Å². The van der Waals surface area contributed by atoms with Gasteiger partial charge in [0.1, 0.15) is 12.4 Å². The van der Waals surface area contributed by atoms with E-state index in [-0.39, 0.29) is 18.0 Å². The minimum absolute atomic E-state index is 0.135. The van der Waals surface area contributed by atoms with Crippen LogP contribution in [-0.4, -0.2) is 32.7 Å². The van der Waals surface area contributed by atoms with Crippen molar-refractivity contribution in [3.8, 4) is 17.2 Å². The highest BCUT2D eigenvalue weighted by Gasteiger charge is 2.21. The summed E-state index contributed by atoms with van der Waals surface area (Å²) in [6, 6.07) is 17.6. The van der Waals surface area contributed by atoms with Crippen molar-refractivity contribution in [2.75, 3.05) is 12.1 Å². The average Bonchev–Trinajstić information content (AvgIpc) is 3.49. The fourth-order valence-corrected chi connectivity index (χ4v) is 4.90. The first-order chi connectivity index (χ1) is 17.0. The van der Waals surface area contributed by atoms with Crippen LogP contribution in [0.15, 0.2) is 59.8 Å². The summed E-state index contributed by atoms with van der Waals surface area (Å²) in [6.45, 7) is 7.08. The summed E-state index contributed by atoms with van der Waals surface area (Å²) in [5, 5.41) is 14.2. The number of rotatable bonds is 8. The number of amides is 1. The Balaban J connectivity index is 1.24. The molecule has 0 fully saturated rings. The van der Waals surface area contributed by atoms with Crippen molar-refractivity contribution in [3.63, 3.8) is 0 Å². The molecule has 9 heteroatoms. The molecule has 1 atom stereocenters. The monoisotopic (exact) mass is 490 g/mol. The predicted molar refractivity (Wildman–Crippen MR) is 135 cm³/mol. The van der Waals surface area contributed by atoms with E-state index in [2.05, 4.69) is 40.6 Å². The predicted octanol–water partition coefficient (Wildman–Crippen LogP) is 5.19. The third kappa shape index (κ3) is 4.77. The highest BCUT2D eigenvalue weighted by atomic mass is 32.2. The van der Waals surface area contributed by atoms with Crippen LogP contribution in [0.3, 0.4) is 0 Å². The van der Waals surface area contributed by atoms with Crippen molar-refractivity contribution in [3.05, 3.63) is 66.0 Å². The van der Waals surface area contributed by atoms with Gasteiger partial charge >= 0.3 is 0 Å². The summed E-state index contributed by atoms with van der Waals surface area (Å²) in [4.78, 5) is 12.8. The number of carbonyl (C=O) groups excluding carboxylic acids is 1. The highest BCUT2D eigenvalue weighted by molar-refractivity contribution is 8.00. The Morgan fingerprint density at radius 1 is 1.14 bits per heavy atom. The van der Waals surface area contributed by atoms with Crippen LogP contribution in [0.25, 0.3) is 10.8 Å². The molecule has 180 valence electrons. The third-order valence-corrected chi connectivity index (χ3v) is 6.99. The molecule has 0 saturated heterocycles. The van der Waals surface area contributed by atoms with Crippen LogP contribution >= 0.6 is 11.8 Å². The zero-order chi connectivity index (χ0) is 24.4. The van der Waals surface area contributed by atoms with E-state index in [1.165, 1.54) is 22.5 Å². The Morgan fingerprint density at radius 3 is 2.83 bits per heavy atom. The van der Waals surface area contributed by atoms with Gasteiger partial charge in [-0.1, -0.05) is 42.1 Å². The van der Waals surface area contributed by atoms with Crippen LogP contribution in [0.4, 0.5) is 5.69 Å². The SMILES string of the molecule is CCn1c(COc2ccc3ccccc3c2C)nnc1S[C@H](C)C(=O)Nc1ccc2c(c1)OCO2. The van der Waals surface area contributed by atoms with E-state index in [1.54, 1.807) is 18.2 Å². The van der Waals surface area contributed by atoms with E-state index < -0.39 is 0 Å². The number of carbonyl (C=O) groups is 1. The molecule has 1 amide bonds. The van der Waals surface area contributed by atoms with Crippen LogP contribution in [0.2, 0.25) is 0 Å². The number of hydrogen-bond donors (Lipinski definition) is 1. The van der Waals surface area contributed by atoms with Crippen LogP contribution in [0, 0.1) is 6.92 Å². The number of thioether (sulfide) groups is 1. The molecule has 0 radical (unpaired) electrons. The van der Waals surface area contributed by atoms with Crippen LogP contribution in [-0.2, 0) is 17.9 Å². The molecule has 2 heterocycles. The topological polar surface area (TPSA) is 87.5 Å². The number of nitrogens with one attached hydrogen (secondary N) is 1. The van der Waals surface area contributed by atoms with Gasteiger partial charge in [-0.15, -0.1) is 10.2 Å². The fourth-order valence-electron chi connectivity index (χ4n) is 3.97. The molecule has 1 N–H and O–H groups in total. The number of nitrogens with zero attached hydrogens (tertiary/aromatic N) is 3. The lowest BCUT2D eigenvalue weighted by molar-refractivity contribution is -0.115. The van der Waals surface area contributed by atoms with Crippen molar-refractivity contribution >= 4 is 34.1 Å². The summed E-state index contributed by atoms with van der Waals surface area (Å²) < 4.78 is 18.8. The normalized spacial score (nSPS) is 13.1. The van der Waals surface area contributed by atoms with Gasteiger partial charge in [-0.2, -0.15) is 0 Å². The summed E-state index contributed by atoms with van der Waals surface area (Å²) in [5.41, 5.74) is 1.75. The van der Waals surface area contributed by atoms with Gasteiger partial charge < -0.3 is 24.1 Å². The number of anilines is 1. The lowest BCUT2D eigenvalue weighted by Gasteiger charge is -2.14. The first-order valence-electron chi connectivity index (χ1n) is 11.4. The maximum atomic E-state index is 12.8. The van der Waals surface area contributed by atoms with Crippen molar-refractivity contribution in [2.45, 2.75) is 44.3 Å². The first kappa shape index (κ1) is 23.0. The fraction of sp³-hybridized carbons (Fsp3) is 0.269. The quantitative estimate of drug-likeness (QED) is 0.340. The van der Waals surface area contributed by atoms with E-state index in [4.69, 9.17) is 14.2 Å². The number of benzene rings is 3. The number of hydrogen-bond acceptors (Lipinski definition) is 7. The van der Waals surface area contributed by atoms with E-state index in [9.17, 15) is 4.79 Å². The van der Waals surface area contributed by atoms with Gasteiger partial charge in [-0.25, -0.2) is 0 Å². The maximum absolute atomic E-state index is 12.8. The van der Waals surface area contributed by atoms with Gasteiger partial charge in [-0.3, -0.25) is 4.79 Å². The minimum Gasteiger partial charge on any atom is -0.485 e. The Bertz CT molecular complexity index is 1390. The van der Waals surface area contributed by atoms with Gasteiger partial charge in [0.15, 0.2) is 22.5 Å². The molecular formula is C26H26N4O4S. The molecule has 1 aromatic heterocycles. The molecule has 0 unspecified atom stereocenters. The Hall–Kier alpha value is -3.72. The molecule has 0 spiro atoms. The van der Waals surface area contributed by atoms with Gasteiger partial charge in [0.05, 0.1) is 5.25 Å². The summed E-state index contributed by atoms with van der Waals surface area (Å²) >= 11 is 1.36. The van der Waals surface area contributed by atoms with E-state index in [0.29, 0.717) is 41.3 Å². The molecule has 3 aromatic carbocycles. The third-order valence-electron chi connectivity index (χ3n) is 5.91. The van der Waals surface area contributed by atoms with Gasteiger partial charge in [-0.05, 0) is 55.3 Å². The standard InChI is InChI=1S/C26H26N4O4S/c1-4-30-24(14-32-21-11-9-18-7-5-6-8-20(18)16(21)2)28-29-26(30)35-17(3)25(31)27-19-10-12-22-23(13-19)34-15-33-22/h5-13,17H,4,14-15H2,1-3H3,(H,27,31)/t17-/m1/s1. The van der Waals surface area contributed by atoms with Gasteiger partial charge in [0.25, 0.3) is 0 Å². The molecule has 4 aromatic rings. The summed E-state index contributed by atoms with van der Waals surface area (Å²) in [5.74, 6) is 2.70. The van der Waals surface area contributed by atoms with Crippen molar-refractivity contribution in [1.82, 2.24) is 14.8 Å². The van der Waals surface area contributed by atoms with Crippen molar-refractivity contribution in [1.29, 1.82) is 0 Å². The van der Waals surface area contributed by atoms with Crippen LogP contribution < -0.4 is 19.5 Å². The molecular weight excluding hydrogens is 464 g/mol. The lowest BCUT2D eigenvalue weighted by Crippen LogP contribution is -2.23. The summed E-state index contributed by atoms with van der Waals surface area (Å²) in [6.07, 6.45) is 0. The molecule has 8 nitrogen and oxygen atoms in total. The van der Waals surface area contributed by atoms with E-state index >= 15 is 0 Å². The minimum atomic E-state index is -0.383. The molecule has 35 heavy (non-hydrogen) atoms. The van der Waals surface area contributed by atoms with E-state index in [0.717, 1.165) is 11.3 Å². The van der Waals surface area contributed by atoms with Gasteiger partial charge in [0.2, 0.25) is 12.7 Å². The largest absolute Gasteiger partial charge is 0.485 e. The van der Waals surface area contributed by atoms with E-state index in [1.807, 2.05) is 36.6 Å². The Labute approximate surface area is 207 Å². The molecule has 0 aliphatic carbocycles. The summed E-state index contributed by atoms with van der Waals surface area (Å²) in [7, 11) is 0. The highest BCUT2D eigenvalue weighted by Crippen LogP contribution is 2.34. The lowest BCUT2D eigenvalue weighted by atomic mass is 10.0. The second-order valence-corrected chi connectivity index (χ2v) is 9.47. The average molecular weight is 491 g/mol. The molecule has 0 saturated carbocycles. The van der Waals surface area contributed by atoms with Crippen LogP contribution in [0.1, 0.15) is 25.2 Å². The molecule has 5 rings (SSSR count). The number of aryl methyl sites for hydroxylation is 1. The second-order valence-electron chi connectivity index (χ2n) is 8.16. The van der Waals surface area contributed by atoms with Crippen molar-refractivity contribution < 1.29 is 19.0 Å².